The lowest BCUT2D eigenvalue weighted by molar-refractivity contribution is 0.0831. The molecule has 3 heterocycles. The van der Waals surface area contributed by atoms with E-state index in [0.29, 0.717) is 5.92 Å². The van der Waals surface area contributed by atoms with Crippen molar-refractivity contribution < 1.29 is 6.16 Å². The summed E-state index contributed by atoms with van der Waals surface area (Å²) in [6.45, 7) is 16.7. The number of pyridine rings is 1. The predicted octanol–water partition coefficient (Wildman–Crippen LogP) is 7.66. The number of rotatable bonds is 6. The van der Waals surface area contributed by atoms with Gasteiger partial charge >= 0.3 is 0 Å². The molecule has 0 unspecified atom stereocenters. The molecule has 4 nitrogen and oxygen atoms in total. The highest BCUT2D eigenvalue weighted by Gasteiger charge is 2.27. The minimum atomic E-state index is -0.148. The summed E-state index contributed by atoms with van der Waals surface area (Å²) in [6, 6.07) is 4.09. The van der Waals surface area contributed by atoms with E-state index in [4.69, 9.17) is 9.72 Å². The number of aromatic nitrogens is 1. The van der Waals surface area contributed by atoms with E-state index in [1.807, 2.05) is 45.3 Å². The first-order valence-electron chi connectivity index (χ1n) is 13.2. The molecule has 0 saturated carbocycles. The quantitative estimate of drug-likeness (QED) is 0.446. The standard InChI is InChI=1S/C20H26N2O.C12H18N.H2/c1-7-14(3)21-15(4)11-19-16(8-2)9-10-18(22-19)17-12-20(5,6)23-13-17;1-13-9-7-12(8-10-13)11-5-3-2-4-6-11;/h7-11,13,21H,2,12H2,1,3-6H3;2-6,11-12H,7-10H2,1H3;1H/b14-7-,15-11+;;. The number of ether oxygens (including phenoxy) is 1. The Bertz CT molecular complexity index is 1060. The Balaban J connectivity index is 0.000000291. The molecule has 1 aromatic rings. The van der Waals surface area contributed by atoms with E-state index in [0.717, 1.165) is 46.3 Å². The molecule has 36 heavy (non-hydrogen) atoms. The predicted molar refractivity (Wildman–Crippen MR) is 157 cm³/mol. The summed E-state index contributed by atoms with van der Waals surface area (Å²) in [7, 11) is 2.22. The van der Waals surface area contributed by atoms with Gasteiger partial charge in [0, 0.05) is 24.8 Å². The summed E-state index contributed by atoms with van der Waals surface area (Å²) >= 11 is 0. The molecule has 4 heteroatoms. The molecule has 1 N–H and O–H groups in total. The van der Waals surface area contributed by atoms with Crippen LogP contribution < -0.4 is 5.32 Å². The maximum absolute atomic E-state index is 5.69. The summed E-state index contributed by atoms with van der Waals surface area (Å²) in [6.07, 6.45) is 22.5. The van der Waals surface area contributed by atoms with Crippen LogP contribution in [0.25, 0.3) is 17.7 Å². The lowest BCUT2D eigenvalue weighted by atomic mass is 9.81. The third kappa shape index (κ3) is 8.09. The summed E-state index contributed by atoms with van der Waals surface area (Å²) in [5, 5.41) is 3.34. The molecule has 0 aromatic carbocycles. The van der Waals surface area contributed by atoms with Crippen molar-refractivity contribution in [3.8, 4) is 0 Å². The van der Waals surface area contributed by atoms with Gasteiger partial charge in [-0.05, 0) is 104 Å². The van der Waals surface area contributed by atoms with Gasteiger partial charge in [0.25, 0.3) is 0 Å². The summed E-state index contributed by atoms with van der Waals surface area (Å²) in [4.78, 5) is 7.24. The molecule has 1 aromatic heterocycles. The van der Waals surface area contributed by atoms with Crippen LogP contribution in [0, 0.1) is 18.3 Å². The number of nitrogens with zero attached hydrogens (tertiary/aromatic N) is 2. The molecule has 2 aliphatic heterocycles. The Morgan fingerprint density at radius 3 is 2.50 bits per heavy atom. The zero-order chi connectivity index (χ0) is 26.1. The molecule has 0 bridgehead atoms. The maximum Gasteiger partial charge on any atom is 0.107 e. The van der Waals surface area contributed by atoms with Gasteiger partial charge in [-0.15, -0.1) is 0 Å². The lowest BCUT2D eigenvalue weighted by Crippen LogP contribution is -2.33. The van der Waals surface area contributed by atoms with Gasteiger partial charge in [-0.25, -0.2) is 4.98 Å². The fourth-order valence-electron chi connectivity index (χ4n) is 4.74. The Morgan fingerprint density at radius 1 is 1.17 bits per heavy atom. The first-order chi connectivity index (χ1) is 17.2. The van der Waals surface area contributed by atoms with Crippen molar-refractivity contribution in [2.24, 2.45) is 11.8 Å². The van der Waals surface area contributed by atoms with Crippen molar-refractivity contribution in [1.82, 2.24) is 15.2 Å². The summed E-state index contributed by atoms with van der Waals surface area (Å²) < 4.78 is 5.69. The zero-order valence-corrected chi connectivity index (χ0v) is 23.1. The molecule has 3 aliphatic rings. The van der Waals surface area contributed by atoms with Crippen LogP contribution in [0.2, 0.25) is 0 Å². The number of hydrogen-bond acceptors (Lipinski definition) is 4. The average molecular weight is 489 g/mol. The van der Waals surface area contributed by atoms with Gasteiger partial charge in [0.05, 0.1) is 17.6 Å². The van der Waals surface area contributed by atoms with E-state index >= 15 is 0 Å². The minimum absolute atomic E-state index is 0. The normalized spacial score (nSPS) is 22.4. The SMILES string of the molecule is C=Cc1ccc(C2=COC(C)(C)C2)nc1/C=C(\C)N/C(C)=C\C.CN1CCC([C@H]2[CH]C=CC=C2)CC1.[HH]. The highest BCUT2D eigenvalue weighted by Crippen LogP contribution is 2.34. The van der Waals surface area contributed by atoms with E-state index in [1.165, 1.54) is 25.9 Å². The third-order valence-electron chi connectivity index (χ3n) is 7.02. The van der Waals surface area contributed by atoms with Crippen molar-refractivity contribution in [3.05, 3.63) is 90.1 Å². The molecule has 1 saturated heterocycles. The van der Waals surface area contributed by atoms with Crippen LogP contribution in [-0.4, -0.2) is 35.6 Å². The largest absolute Gasteiger partial charge is 0.495 e. The summed E-state index contributed by atoms with van der Waals surface area (Å²) in [5.41, 5.74) is 6.04. The van der Waals surface area contributed by atoms with Gasteiger partial charge in [0.1, 0.15) is 5.60 Å². The first-order valence-corrected chi connectivity index (χ1v) is 13.2. The average Bonchev–Trinajstić information content (AvgIpc) is 3.24. The van der Waals surface area contributed by atoms with Crippen molar-refractivity contribution in [3.63, 3.8) is 0 Å². The second kappa shape index (κ2) is 12.9. The number of likely N-dealkylation sites (tertiary alicyclic amines) is 1. The van der Waals surface area contributed by atoms with Gasteiger partial charge in [-0.1, -0.05) is 49.1 Å². The van der Waals surface area contributed by atoms with Gasteiger partial charge in [-0.2, -0.15) is 0 Å². The van der Waals surface area contributed by atoms with Gasteiger partial charge in [-0.3, -0.25) is 0 Å². The monoisotopic (exact) mass is 488 g/mol. The maximum atomic E-state index is 5.69. The van der Waals surface area contributed by atoms with Crippen molar-refractivity contribution in [2.45, 2.75) is 59.5 Å². The molecule has 195 valence electrons. The molecule has 1 aliphatic carbocycles. The summed E-state index contributed by atoms with van der Waals surface area (Å²) in [5.74, 6) is 1.59. The van der Waals surface area contributed by atoms with Crippen molar-refractivity contribution >= 4 is 17.7 Å². The molecular weight excluding hydrogens is 442 g/mol. The highest BCUT2D eigenvalue weighted by atomic mass is 16.5. The molecular formula is C32H46N3O. The molecule has 0 spiro atoms. The topological polar surface area (TPSA) is 37.4 Å². The first kappa shape index (κ1) is 27.7. The van der Waals surface area contributed by atoms with Crippen LogP contribution in [0.3, 0.4) is 0 Å². The highest BCUT2D eigenvalue weighted by molar-refractivity contribution is 5.69. The molecule has 1 radical (unpaired) electrons. The molecule has 1 atom stereocenters. The minimum Gasteiger partial charge on any atom is -0.495 e. The van der Waals surface area contributed by atoms with Crippen LogP contribution in [0.1, 0.15) is 72.3 Å². The smallest absolute Gasteiger partial charge is 0.107 e. The number of allylic oxidation sites excluding steroid dienone is 7. The van der Waals surface area contributed by atoms with Crippen molar-refractivity contribution in [1.29, 1.82) is 0 Å². The van der Waals surface area contributed by atoms with Crippen molar-refractivity contribution in [2.75, 3.05) is 20.1 Å². The fourth-order valence-corrected chi connectivity index (χ4v) is 4.74. The van der Waals surface area contributed by atoms with E-state index in [2.05, 4.69) is 80.6 Å². The lowest BCUT2D eigenvalue weighted by Gasteiger charge is -2.33. The van der Waals surface area contributed by atoms with Crippen LogP contribution in [0.5, 0.6) is 0 Å². The van der Waals surface area contributed by atoms with Crippen LogP contribution in [0.4, 0.5) is 0 Å². The Morgan fingerprint density at radius 2 is 1.92 bits per heavy atom. The number of nitrogens with one attached hydrogen (secondary N) is 1. The molecule has 1 fully saturated rings. The molecule has 4 rings (SSSR count). The molecule has 0 amide bonds. The fraction of sp³-hybridized carbons (Fsp3) is 0.438. The van der Waals surface area contributed by atoms with Crippen LogP contribution in [0.15, 0.2) is 66.7 Å². The van der Waals surface area contributed by atoms with Gasteiger partial charge in [0.2, 0.25) is 0 Å². The third-order valence-corrected chi connectivity index (χ3v) is 7.02. The Labute approximate surface area is 220 Å². The van der Waals surface area contributed by atoms with Crippen LogP contribution >= 0.6 is 0 Å². The van der Waals surface area contributed by atoms with Gasteiger partial charge in [0.15, 0.2) is 0 Å². The Kier molecular flexibility index (Phi) is 9.95. The van der Waals surface area contributed by atoms with E-state index in [-0.39, 0.29) is 7.03 Å². The van der Waals surface area contributed by atoms with Crippen LogP contribution in [-0.2, 0) is 4.74 Å². The second-order valence-corrected chi connectivity index (χ2v) is 10.7. The van der Waals surface area contributed by atoms with E-state index in [9.17, 15) is 0 Å². The number of hydrogen-bond donors (Lipinski definition) is 1. The second-order valence-electron chi connectivity index (χ2n) is 10.7. The van der Waals surface area contributed by atoms with E-state index in [1.54, 1.807) is 0 Å². The van der Waals surface area contributed by atoms with E-state index < -0.39 is 0 Å². The zero-order valence-electron chi connectivity index (χ0n) is 23.1. The van der Waals surface area contributed by atoms with Gasteiger partial charge < -0.3 is 15.0 Å². The number of piperidine rings is 1. The Hall–Kier alpha value is -2.85.